The lowest BCUT2D eigenvalue weighted by Gasteiger charge is -2.32. The fraction of sp³-hybridized carbons (Fsp3) is 0.417. The second-order valence-corrected chi connectivity index (χ2v) is 11.3. The first-order valence-corrected chi connectivity index (χ1v) is 14.2. The molecule has 0 heterocycles. The summed E-state index contributed by atoms with van der Waals surface area (Å²) in [6, 6.07) is 8.37. The first-order valence-electron chi connectivity index (χ1n) is 11.2. The molecule has 2 amide bonds. The molecule has 0 bridgehead atoms. The normalized spacial score (nSPS) is 12.1. The summed E-state index contributed by atoms with van der Waals surface area (Å²) in [7, 11) is -2.47. The van der Waals surface area contributed by atoms with Crippen molar-refractivity contribution in [2.24, 2.45) is 0 Å². The minimum Gasteiger partial charge on any atom is -0.495 e. The van der Waals surface area contributed by atoms with Gasteiger partial charge in [0.05, 0.1) is 24.1 Å². The zero-order valence-electron chi connectivity index (χ0n) is 20.6. The molecule has 0 radical (unpaired) electrons. The van der Waals surface area contributed by atoms with Gasteiger partial charge in [0.15, 0.2) is 0 Å². The van der Waals surface area contributed by atoms with E-state index in [1.165, 1.54) is 30.2 Å². The van der Waals surface area contributed by atoms with Gasteiger partial charge in [0.2, 0.25) is 21.8 Å². The summed E-state index contributed by atoms with van der Waals surface area (Å²) in [5.41, 5.74) is 0.619. The van der Waals surface area contributed by atoms with Crippen molar-refractivity contribution < 1.29 is 22.7 Å². The van der Waals surface area contributed by atoms with E-state index in [0.29, 0.717) is 27.9 Å². The van der Waals surface area contributed by atoms with E-state index in [1.54, 1.807) is 25.1 Å². The number of sulfonamides is 1. The van der Waals surface area contributed by atoms with Crippen molar-refractivity contribution in [2.45, 2.75) is 39.3 Å². The quantitative estimate of drug-likeness (QED) is 0.367. The first kappa shape index (κ1) is 30.0. The second-order valence-electron chi connectivity index (χ2n) is 8.13. The number of benzene rings is 2. The maximum atomic E-state index is 13.6. The van der Waals surface area contributed by atoms with E-state index in [-0.39, 0.29) is 23.2 Å². The molecular formula is C24H30Cl3N3O5S. The van der Waals surface area contributed by atoms with Crippen LogP contribution in [0.3, 0.4) is 0 Å². The van der Waals surface area contributed by atoms with Gasteiger partial charge in [-0.2, -0.15) is 0 Å². The highest BCUT2D eigenvalue weighted by atomic mass is 35.5. The number of nitrogens with one attached hydrogen (secondary N) is 1. The van der Waals surface area contributed by atoms with E-state index in [2.05, 4.69) is 5.32 Å². The molecule has 0 unspecified atom stereocenters. The molecule has 198 valence electrons. The molecule has 0 fully saturated rings. The summed E-state index contributed by atoms with van der Waals surface area (Å²) in [6.45, 7) is 3.35. The van der Waals surface area contributed by atoms with Crippen LogP contribution in [0.1, 0.15) is 32.3 Å². The zero-order valence-corrected chi connectivity index (χ0v) is 23.6. The number of methoxy groups -OCH3 is 1. The summed E-state index contributed by atoms with van der Waals surface area (Å²) in [5, 5.41) is 3.63. The van der Waals surface area contributed by atoms with Crippen molar-refractivity contribution in [1.29, 1.82) is 0 Å². The highest BCUT2D eigenvalue weighted by Crippen LogP contribution is 2.31. The number of ether oxygens (including phenoxy) is 1. The third-order valence-corrected chi connectivity index (χ3v) is 7.63. The van der Waals surface area contributed by atoms with E-state index in [9.17, 15) is 18.0 Å². The minimum atomic E-state index is -3.90. The number of anilines is 1. The average Bonchev–Trinajstić information content (AvgIpc) is 2.81. The average molecular weight is 579 g/mol. The Morgan fingerprint density at radius 1 is 1.08 bits per heavy atom. The fourth-order valence-corrected chi connectivity index (χ4v) is 5.01. The topological polar surface area (TPSA) is 96.0 Å². The van der Waals surface area contributed by atoms with Crippen LogP contribution >= 0.6 is 34.8 Å². The molecule has 0 aliphatic heterocycles. The predicted molar refractivity (Wildman–Crippen MR) is 145 cm³/mol. The Morgan fingerprint density at radius 2 is 1.72 bits per heavy atom. The Balaban J connectivity index is 2.44. The Labute approximate surface area is 227 Å². The molecule has 0 spiro atoms. The standard InChI is InChI=1S/C24H30Cl3N3O5S/c1-5-6-12-28-24(32)16(2)29(14-18-19(25)8-7-9-20(18)26)23(31)15-30(36(4,33)34)17-10-11-22(35-3)21(27)13-17/h7-11,13,16H,5-6,12,14-15H2,1-4H3,(H,28,32)/t16-/m1/s1. The monoisotopic (exact) mass is 577 g/mol. The van der Waals surface area contributed by atoms with E-state index in [1.807, 2.05) is 6.92 Å². The van der Waals surface area contributed by atoms with Crippen LogP contribution < -0.4 is 14.4 Å². The Morgan fingerprint density at radius 3 is 2.25 bits per heavy atom. The van der Waals surface area contributed by atoms with Gasteiger partial charge in [0, 0.05) is 28.7 Å². The van der Waals surface area contributed by atoms with Crippen molar-refractivity contribution in [3.05, 3.63) is 57.0 Å². The lowest BCUT2D eigenvalue weighted by Crippen LogP contribution is -2.51. The van der Waals surface area contributed by atoms with Gasteiger partial charge in [-0.1, -0.05) is 54.2 Å². The molecule has 1 N–H and O–H groups in total. The molecule has 36 heavy (non-hydrogen) atoms. The molecule has 0 aliphatic rings. The van der Waals surface area contributed by atoms with Crippen LogP contribution in [0.5, 0.6) is 5.75 Å². The summed E-state index contributed by atoms with van der Waals surface area (Å²) in [5.74, 6) is -0.646. The van der Waals surface area contributed by atoms with Gasteiger partial charge in [-0.15, -0.1) is 0 Å². The molecule has 8 nitrogen and oxygen atoms in total. The highest BCUT2D eigenvalue weighted by Gasteiger charge is 2.31. The van der Waals surface area contributed by atoms with Gasteiger partial charge in [0.25, 0.3) is 0 Å². The molecule has 1 atom stereocenters. The third kappa shape index (κ3) is 7.90. The largest absolute Gasteiger partial charge is 0.495 e. The van der Waals surface area contributed by atoms with Crippen molar-refractivity contribution in [3.63, 3.8) is 0 Å². The van der Waals surface area contributed by atoms with Gasteiger partial charge in [-0.25, -0.2) is 8.42 Å². The maximum absolute atomic E-state index is 13.6. The molecule has 0 saturated heterocycles. The molecular weight excluding hydrogens is 549 g/mol. The number of hydrogen-bond acceptors (Lipinski definition) is 5. The summed E-state index contributed by atoms with van der Waals surface area (Å²) < 4.78 is 31.4. The number of amides is 2. The van der Waals surface area contributed by atoms with Gasteiger partial charge < -0.3 is 15.0 Å². The Kier molecular flexibility index (Phi) is 11.2. The van der Waals surface area contributed by atoms with Crippen LogP contribution in [0.15, 0.2) is 36.4 Å². The van der Waals surface area contributed by atoms with Crippen molar-refractivity contribution in [2.75, 3.05) is 30.8 Å². The number of nitrogens with zero attached hydrogens (tertiary/aromatic N) is 2. The van der Waals surface area contributed by atoms with Crippen LogP contribution in [0.4, 0.5) is 5.69 Å². The van der Waals surface area contributed by atoms with Gasteiger partial charge in [-0.05, 0) is 43.7 Å². The van der Waals surface area contributed by atoms with E-state index in [4.69, 9.17) is 39.5 Å². The molecule has 0 saturated carbocycles. The molecule has 2 rings (SSSR count). The number of carbonyl (C=O) groups excluding carboxylic acids is 2. The minimum absolute atomic E-state index is 0.0966. The Bertz CT molecular complexity index is 1170. The van der Waals surface area contributed by atoms with E-state index < -0.39 is 28.5 Å². The van der Waals surface area contributed by atoms with Gasteiger partial charge in [-0.3, -0.25) is 13.9 Å². The predicted octanol–water partition coefficient (Wildman–Crippen LogP) is 4.76. The SMILES string of the molecule is CCCCNC(=O)[C@@H](C)N(Cc1c(Cl)cccc1Cl)C(=O)CN(c1ccc(OC)c(Cl)c1)S(C)(=O)=O. The maximum Gasteiger partial charge on any atom is 0.244 e. The lowest BCUT2D eigenvalue weighted by atomic mass is 10.1. The summed E-state index contributed by atoms with van der Waals surface area (Å²) in [4.78, 5) is 27.7. The lowest BCUT2D eigenvalue weighted by molar-refractivity contribution is -0.139. The van der Waals surface area contributed by atoms with Gasteiger partial charge in [0.1, 0.15) is 18.3 Å². The number of rotatable bonds is 12. The summed E-state index contributed by atoms with van der Waals surface area (Å²) >= 11 is 18.9. The summed E-state index contributed by atoms with van der Waals surface area (Å²) in [6.07, 6.45) is 2.65. The zero-order chi connectivity index (χ0) is 27.0. The van der Waals surface area contributed by atoms with Crippen LogP contribution in [-0.4, -0.2) is 57.6 Å². The number of hydrogen-bond donors (Lipinski definition) is 1. The molecule has 0 aromatic heterocycles. The molecule has 2 aromatic rings. The van der Waals surface area contributed by atoms with Crippen LogP contribution in [0, 0.1) is 0 Å². The van der Waals surface area contributed by atoms with Crippen LogP contribution in [-0.2, 0) is 26.2 Å². The van der Waals surface area contributed by atoms with E-state index >= 15 is 0 Å². The van der Waals surface area contributed by atoms with E-state index in [0.717, 1.165) is 23.4 Å². The van der Waals surface area contributed by atoms with Crippen LogP contribution in [0.25, 0.3) is 0 Å². The third-order valence-electron chi connectivity index (χ3n) is 5.49. The Hall–Kier alpha value is -2.20. The second kappa shape index (κ2) is 13.4. The van der Waals surface area contributed by atoms with Gasteiger partial charge >= 0.3 is 0 Å². The van der Waals surface area contributed by atoms with Crippen molar-refractivity contribution in [1.82, 2.24) is 10.2 Å². The van der Waals surface area contributed by atoms with Crippen molar-refractivity contribution >= 4 is 62.3 Å². The molecule has 2 aromatic carbocycles. The number of halogens is 3. The van der Waals surface area contributed by atoms with Crippen LogP contribution in [0.2, 0.25) is 15.1 Å². The smallest absolute Gasteiger partial charge is 0.244 e. The highest BCUT2D eigenvalue weighted by molar-refractivity contribution is 7.92. The fourth-order valence-electron chi connectivity index (χ4n) is 3.40. The number of unbranched alkanes of at least 4 members (excludes halogenated alkanes) is 1. The first-order chi connectivity index (χ1) is 16.9. The molecule has 0 aliphatic carbocycles. The molecule has 12 heteroatoms. The number of carbonyl (C=O) groups is 2. The van der Waals surface area contributed by atoms with Crippen molar-refractivity contribution in [3.8, 4) is 5.75 Å².